The molecule has 2 aromatic carbocycles. The van der Waals surface area contributed by atoms with Gasteiger partial charge in [-0.2, -0.15) is 0 Å². The van der Waals surface area contributed by atoms with E-state index in [9.17, 15) is 9.90 Å². The number of hydrogen-bond acceptors (Lipinski definition) is 6. The summed E-state index contributed by atoms with van der Waals surface area (Å²) < 4.78 is 10.6. The molecule has 0 radical (unpaired) electrons. The molecule has 1 heterocycles. The predicted octanol–water partition coefficient (Wildman–Crippen LogP) is 4.04. The Balaban J connectivity index is 1.90. The zero-order valence-corrected chi connectivity index (χ0v) is 16.6. The summed E-state index contributed by atoms with van der Waals surface area (Å²) in [5.74, 6) is 0.294. The molecule has 3 rings (SSSR count). The summed E-state index contributed by atoms with van der Waals surface area (Å²) >= 11 is 1.32. The lowest BCUT2D eigenvalue weighted by atomic mass is 10.2. The molecule has 0 unspecified atom stereocenters. The molecule has 1 aliphatic heterocycles. The predicted molar refractivity (Wildman–Crippen MR) is 112 cm³/mol. The molecule has 0 bridgehead atoms. The average Bonchev–Trinajstić information content (AvgIpc) is 2.99. The Morgan fingerprint density at radius 1 is 1.21 bits per heavy atom. The van der Waals surface area contributed by atoms with Gasteiger partial charge in [-0.05, 0) is 54.6 Å². The number of rotatable bonds is 7. The van der Waals surface area contributed by atoms with E-state index >= 15 is 0 Å². The summed E-state index contributed by atoms with van der Waals surface area (Å²) in [6.07, 6.45) is 1.77. The fraction of sp³-hybridized carbons (Fsp3) is 0.238. The van der Waals surface area contributed by atoms with Gasteiger partial charge in [0.25, 0.3) is 5.91 Å². The fourth-order valence-electron chi connectivity index (χ4n) is 2.64. The summed E-state index contributed by atoms with van der Waals surface area (Å²) in [6.45, 7) is 3.39. The van der Waals surface area contributed by atoms with E-state index < -0.39 is 0 Å². The van der Waals surface area contributed by atoms with Gasteiger partial charge in [-0.3, -0.25) is 9.69 Å². The van der Waals surface area contributed by atoms with Gasteiger partial charge in [-0.15, -0.1) is 0 Å². The van der Waals surface area contributed by atoms with Crippen molar-refractivity contribution in [3.05, 3.63) is 59.0 Å². The molecule has 0 spiro atoms. The Labute approximate surface area is 168 Å². The van der Waals surface area contributed by atoms with Crippen molar-refractivity contribution in [3.63, 3.8) is 0 Å². The second kappa shape index (κ2) is 9.43. The number of phenols is 1. The van der Waals surface area contributed by atoms with Gasteiger partial charge in [0.15, 0.2) is 16.7 Å². The molecule has 1 N–H and O–H groups in total. The summed E-state index contributed by atoms with van der Waals surface area (Å²) in [6, 6.07) is 14.5. The third-order valence-corrected chi connectivity index (χ3v) is 5.04. The number of thioether (sulfide) groups is 1. The number of amides is 1. The molecule has 7 heteroatoms. The fourth-order valence-corrected chi connectivity index (χ4v) is 3.66. The number of aromatic hydroxyl groups is 1. The third-order valence-electron chi connectivity index (χ3n) is 4.03. The van der Waals surface area contributed by atoms with Crippen LogP contribution in [0.25, 0.3) is 6.08 Å². The van der Waals surface area contributed by atoms with E-state index in [1.165, 1.54) is 18.9 Å². The molecule has 1 fully saturated rings. The molecule has 28 heavy (non-hydrogen) atoms. The normalized spacial score (nSPS) is 16.9. The monoisotopic (exact) mass is 398 g/mol. The standard InChI is InChI=1S/C21H22N2O4S/c1-3-27-12-11-23-20(25)19(14-15-9-10-17(24)18(13-15)26-2)28-21(23)22-16-7-5-4-6-8-16/h4-10,13-14,24H,3,11-12H2,1-2H3. The van der Waals surface area contributed by atoms with Crippen molar-refractivity contribution < 1.29 is 19.4 Å². The number of aliphatic imine (C=N–C) groups is 1. The van der Waals surface area contributed by atoms with Crippen LogP contribution in [-0.2, 0) is 9.53 Å². The smallest absolute Gasteiger partial charge is 0.266 e. The maximum atomic E-state index is 12.9. The van der Waals surface area contributed by atoms with E-state index in [2.05, 4.69) is 4.99 Å². The molecule has 6 nitrogen and oxygen atoms in total. The highest BCUT2D eigenvalue weighted by molar-refractivity contribution is 8.18. The van der Waals surface area contributed by atoms with Crippen LogP contribution in [0.2, 0.25) is 0 Å². The molecule has 0 atom stereocenters. The number of carbonyl (C=O) groups is 1. The van der Waals surface area contributed by atoms with Gasteiger partial charge in [0.2, 0.25) is 0 Å². The maximum Gasteiger partial charge on any atom is 0.266 e. The van der Waals surface area contributed by atoms with Gasteiger partial charge in [-0.1, -0.05) is 24.3 Å². The van der Waals surface area contributed by atoms with Crippen LogP contribution < -0.4 is 4.74 Å². The number of carbonyl (C=O) groups excluding carboxylic acids is 1. The minimum Gasteiger partial charge on any atom is -0.504 e. The largest absolute Gasteiger partial charge is 0.504 e. The first kappa shape index (κ1) is 20.0. The van der Waals surface area contributed by atoms with Crippen molar-refractivity contribution >= 4 is 34.6 Å². The molecule has 1 aliphatic rings. The van der Waals surface area contributed by atoms with Gasteiger partial charge in [-0.25, -0.2) is 4.99 Å². The van der Waals surface area contributed by atoms with Gasteiger partial charge in [0, 0.05) is 6.61 Å². The highest BCUT2D eigenvalue weighted by Crippen LogP contribution is 2.35. The summed E-state index contributed by atoms with van der Waals surface area (Å²) in [5, 5.41) is 10.4. The Hall–Kier alpha value is -2.77. The topological polar surface area (TPSA) is 71.4 Å². The SMILES string of the molecule is CCOCCN1C(=O)C(=Cc2ccc(O)c(OC)c2)SC1=Nc1ccccc1. The molecular weight excluding hydrogens is 376 g/mol. The first-order valence-corrected chi connectivity index (χ1v) is 9.74. The number of phenolic OH excluding ortho intramolecular Hbond substituents is 1. The van der Waals surface area contributed by atoms with Crippen molar-refractivity contribution in [2.24, 2.45) is 4.99 Å². The Bertz CT molecular complexity index is 897. The number of benzene rings is 2. The van der Waals surface area contributed by atoms with E-state index in [0.29, 0.717) is 35.6 Å². The number of hydrogen-bond donors (Lipinski definition) is 1. The van der Waals surface area contributed by atoms with Crippen molar-refractivity contribution in [1.29, 1.82) is 0 Å². The first-order chi connectivity index (χ1) is 13.6. The molecular formula is C21H22N2O4S. The molecule has 0 aliphatic carbocycles. The van der Waals surface area contributed by atoms with Crippen LogP contribution in [0.5, 0.6) is 11.5 Å². The highest BCUT2D eigenvalue weighted by Gasteiger charge is 2.33. The van der Waals surface area contributed by atoms with Crippen LogP contribution in [-0.4, -0.2) is 47.9 Å². The lowest BCUT2D eigenvalue weighted by molar-refractivity contribution is -0.122. The van der Waals surface area contributed by atoms with E-state index in [4.69, 9.17) is 9.47 Å². The molecule has 1 saturated heterocycles. The van der Waals surface area contributed by atoms with Gasteiger partial charge in [0.1, 0.15) is 0 Å². The van der Waals surface area contributed by atoms with E-state index in [1.807, 2.05) is 37.3 Å². The quantitative estimate of drug-likeness (QED) is 0.563. The van der Waals surface area contributed by atoms with Crippen molar-refractivity contribution in [2.45, 2.75) is 6.92 Å². The lowest BCUT2D eigenvalue weighted by Gasteiger charge is -2.15. The Morgan fingerprint density at radius 3 is 2.71 bits per heavy atom. The Morgan fingerprint density at radius 2 is 2.00 bits per heavy atom. The maximum absolute atomic E-state index is 12.9. The van der Waals surface area contributed by atoms with Crippen molar-refractivity contribution in [2.75, 3.05) is 26.9 Å². The number of amidine groups is 1. The van der Waals surface area contributed by atoms with E-state index in [1.54, 1.807) is 29.2 Å². The molecule has 146 valence electrons. The Kier molecular flexibility index (Phi) is 6.73. The van der Waals surface area contributed by atoms with Crippen LogP contribution in [0.1, 0.15) is 12.5 Å². The second-order valence-electron chi connectivity index (χ2n) is 5.93. The number of nitrogens with zero attached hydrogens (tertiary/aromatic N) is 2. The minimum atomic E-state index is -0.119. The molecule has 0 aromatic heterocycles. The minimum absolute atomic E-state index is 0.0553. The van der Waals surface area contributed by atoms with Crippen molar-refractivity contribution in [1.82, 2.24) is 4.90 Å². The van der Waals surface area contributed by atoms with Crippen LogP contribution in [0.15, 0.2) is 58.4 Å². The van der Waals surface area contributed by atoms with Crippen LogP contribution in [0.3, 0.4) is 0 Å². The highest BCUT2D eigenvalue weighted by atomic mass is 32.2. The van der Waals surface area contributed by atoms with E-state index in [-0.39, 0.29) is 11.7 Å². The average molecular weight is 398 g/mol. The van der Waals surface area contributed by atoms with Crippen LogP contribution in [0.4, 0.5) is 5.69 Å². The van der Waals surface area contributed by atoms with Crippen LogP contribution >= 0.6 is 11.8 Å². The van der Waals surface area contributed by atoms with Crippen molar-refractivity contribution in [3.8, 4) is 11.5 Å². The number of ether oxygens (including phenoxy) is 2. The zero-order valence-electron chi connectivity index (χ0n) is 15.8. The molecule has 1 amide bonds. The second-order valence-corrected chi connectivity index (χ2v) is 6.93. The number of methoxy groups -OCH3 is 1. The van der Waals surface area contributed by atoms with E-state index in [0.717, 1.165) is 11.3 Å². The molecule has 2 aromatic rings. The lowest BCUT2D eigenvalue weighted by Crippen LogP contribution is -2.32. The van der Waals surface area contributed by atoms with Crippen LogP contribution in [0, 0.1) is 0 Å². The first-order valence-electron chi connectivity index (χ1n) is 8.92. The summed E-state index contributed by atoms with van der Waals surface area (Å²) in [7, 11) is 1.49. The molecule has 0 saturated carbocycles. The summed E-state index contributed by atoms with van der Waals surface area (Å²) in [4.78, 5) is 19.8. The zero-order chi connectivity index (χ0) is 19.9. The summed E-state index contributed by atoms with van der Waals surface area (Å²) in [5.41, 5.74) is 1.54. The number of para-hydroxylation sites is 1. The van der Waals surface area contributed by atoms with Gasteiger partial charge in [0.05, 0.1) is 30.9 Å². The van der Waals surface area contributed by atoms with Gasteiger partial charge < -0.3 is 14.6 Å². The third kappa shape index (κ3) is 4.74. The van der Waals surface area contributed by atoms with Gasteiger partial charge >= 0.3 is 0 Å².